The number of ether oxygens (including phenoxy) is 2. The van der Waals surface area contributed by atoms with Crippen molar-refractivity contribution in [1.29, 1.82) is 0 Å². The Morgan fingerprint density at radius 2 is 1.88 bits per heavy atom. The second-order valence-electron chi connectivity index (χ2n) is 8.87. The van der Waals surface area contributed by atoms with Gasteiger partial charge in [-0.05, 0) is 43.2 Å². The summed E-state index contributed by atoms with van der Waals surface area (Å²) in [6.07, 6.45) is 0.932. The van der Waals surface area contributed by atoms with Gasteiger partial charge in [0, 0.05) is 23.0 Å². The third-order valence-electron chi connectivity index (χ3n) is 6.72. The minimum absolute atomic E-state index is 0.0714. The van der Waals surface area contributed by atoms with Gasteiger partial charge < -0.3 is 14.6 Å². The fourth-order valence-corrected chi connectivity index (χ4v) is 5.20. The van der Waals surface area contributed by atoms with E-state index in [0.717, 1.165) is 46.0 Å². The Hall–Kier alpha value is -3.80. The molecule has 6 nitrogen and oxygen atoms in total. The lowest BCUT2D eigenvalue weighted by atomic mass is 9.91. The maximum atomic E-state index is 11.1. The quantitative estimate of drug-likeness (QED) is 0.473. The van der Waals surface area contributed by atoms with Gasteiger partial charge in [0.1, 0.15) is 17.3 Å². The van der Waals surface area contributed by atoms with Gasteiger partial charge in [-0.1, -0.05) is 36.4 Å². The minimum Gasteiger partial charge on any atom is -0.493 e. The molecule has 1 aromatic heterocycles. The van der Waals surface area contributed by atoms with Crippen LogP contribution in [0.2, 0.25) is 0 Å². The molecule has 6 heteroatoms. The third-order valence-corrected chi connectivity index (χ3v) is 6.72. The SMILES string of the molecule is Cc1nc2ccccc2n1-c1cccc2c1OCC2Cc1ccc2c(c1)OC[C@H]2CC(=O)O. The second-order valence-corrected chi connectivity index (χ2v) is 8.87. The molecule has 1 N–H and O–H groups in total. The molecule has 4 aromatic rings. The van der Waals surface area contributed by atoms with Crippen molar-refractivity contribution in [2.24, 2.45) is 0 Å². The van der Waals surface area contributed by atoms with Crippen LogP contribution in [-0.2, 0) is 11.2 Å². The van der Waals surface area contributed by atoms with Gasteiger partial charge in [0.15, 0.2) is 0 Å². The number of hydrogen-bond acceptors (Lipinski definition) is 4. The van der Waals surface area contributed by atoms with Crippen LogP contribution in [-0.4, -0.2) is 33.8 Å². The molecule has 0 aliphatic carbocycles. The Balaban J connectivity index is 1.30. The first-order chi connectivity index (χ1) is 16.1. The number of rotatable bonds is 5. The number of para-hydroxylation sites is 3. The monoisotopic (exact) mass is 440 g/mol. The van der Waals surface area contributed by atoms with Crippen molar-refractivity contribution in [3.05, 3.63) is 83.2 Å². The number of aryl methyl sites for hydroxylation is 1. The van der Waals surface area contributed by atoms with Gasteiger partial charge in [0.2, 0.25) is 0 Å². The standard InChI is InChI=1S/C27H24N2O4/c1-16-28-22-6-2-3-7-23(22)29(16)24-8-4-5-21-18(15-33-27(21)24)11-17-9-10-20-19(13-26(30)31)14-32-25(20)12-17/h2-10,12,18-19H,11,13-15H2,1H3,(H,30,31)/t18?,19-/m1/s1. The van der Waals surface area contributed by atoms with Gasteiger partial charge in [0.25, 0.3) is 0 Å². The Bertz CT molecular complexity index is 1390. The predicted octanol–water partition coefficient (Wildman–Crippen LogP) is 5.00. The van der Waals surface area contributed by atoms with E-state index in [4.69, 9.17) is 19.6 Å². The van der Waals surface area contributed by atoms with E-state index in [1.54, 1.807) is 0 Å². The topological polar surface area (TPSA) is 73.6 Å². The summed E-state index contributed by atoms with van der Waals surface area (Å²) in [4.78, 5) is 15.8. The van der Waals surface area contributed by atoms with E-state index in [2.05, 4.69) is 41.0 Å². The van der Waals surface area contributed by atoms with Crippen LogP contribution in [0.25, 0.3) is 16.7 Å². The lowest BCUT2D eigenvalue weighted by Crippen LogP contribution is -2.07. The summed E-state index contributed by atoms with van der Waals surface area (Å²) in [6.45, 7) is 3.08. The number of hydrogen-bond donors (Lipinski definition) is 1. The first-order valence-electron chi connectivity index (χ1n) is 11.3. The molecule has 0 fully saturated rings. The highest BCUT2D eigenvalue weighted by atomic mass is 16.5. The number of aromatic nitrogens is 2. The van der Waals surface area contributed by atoms with Crippen LogP contribution in [0.4, 0.5) is 0 Å². The fourth-order valence-electron chi connectivity index (χ4n) is 5.20. The summed E-state index contributed by atoms with van der Waals surface area (Å²) in [5.41, 5.74) is 6.43. The van der Waals surface area contributed by atoms with Crippen molar-refractivity contribution in [3.8, 4) is 17.2 Å². The molecule has 1 unspecified atom stereocenters. The zero-order valence-corrected chi connectivity index (χ0v) is 18.3. The normalized spacial score (nSPS) is 18.6. The Labute approximate surface area is 191 Å². The summed E-state index contributed by atoms with van der Waals surface area (Å²) in [5, 5.41) is 9.13. The summed E-state index contributed by atoms with van der Waals surface area (Å²) >= 11 is 0. The number of carboxylic acids is 1. The van der Waals surface area contributed by atoms with Crippen LogP contribution >= 0.6 is 0 Å². The number of fused-ring (bicyclic) bond motifs is 3. The highest BCUT2D eigenvalue weighted by Crippen LogP contribution is 2.43. The molecule has 0 amide bonds. The van der Waals surface area contributed by atoms with Gasteiger partial charge in [0.05, 0.1) is 36.4 Å². The van der Waals surface area contributed by atoms with E-state index < -0.39 is 5.97 Å². The lowest BCUT2D eigenvalue weighted by molar-refractivity contribution is -0.137. The lowest BCUT2D eigenvalue weighted by Gasteiger charge is -2.13. The number of imidazole rings is 1. The van der Waals surface area contributed by atoms with E-state index in [-0.39, 0.29) is 18.3 Å². The summed E-state index contributed by atoms with van der Waals surface area (Å²) < 4.78 is 14.2. The molecule has 6 rings (SSSR count). The maximum absolute atomic E-state index is 11.1. The van der Waals surface area contributed by atoms with Crippen molar-refractivity contribution in [2.45, 2.75) is 31.6 Å². The van der Waals surface area contributed by atoms with Gasteiger partial charge in [-0.2, -0.15) is 0 Å². The van der Waals surface area contributed by atoms with Crippen LogP contribution in [0.15, 0.2) is 60.7 Å². The molecule has 2 aliphatic rings. The van der Waals surface area contributed by atoms with E-state index in [1.807, 2.05) is 31.2 Å². The van der Waals surface area contributed by atoms with Crippen molar-refractivity contribution in [3.63, 3.8) is 0 Å². The van der Waals surface area contributed by atoms with E-state index in [0.29, 0.717) is 13.2 Å². The van der Waals surface area contributed by atoms with Gasteiger partial charge in [-0.25, -0.2) is 4.98 Å². The number of benzene rings is 3. The second kappa shape index (κ2) is 7.66. The van der Waals surface area contributed by atoms with Crippen molar-refractivity contribution >= 4 is 17.0 Å². The van der Waals surface area contributed by atoms with Crippen LogP contribution in [0.3, 0.4) is 0 Å². The molecule has 0 radical (unpaired) electrons. The first-order valence-corrected chi connectivity index (χ1v) is 11.3. The summed E-state index contributed by atoms with van der Waals surface area (Å²) in [7, 11) is 0. The van der Waals surface area contributed by atoms with Crippen LogP contribution in [0.1, 0.15) is 40.8 Å². The van der Waals surface area contributed by atoms with E-state index in [9.17, 15) is 4.79 Å². The predicted molar refractivity (Wildman–Crippen MR) is 125 cm³/mol. The van der Waals surface area contributed by atoms with Crippen molar-refractivity contribution in [2.75, 3.05) is 13.2 Å². The van der Waals surface area contributed by atoms with Crippen LogP contribution in [0.5, 0.6) is 11.5 Å². The smallest absolute Gasteiger partial charge is 0.304 e. The van der Waals surface area contributed by atoms with Gasteiger partial charge >= 0.3 is 5.97 Å². The van der Waals surface area contributed by atoms with Gasteiger partial charge in [-0.3, -0.25) is 9.36 Å². The molecule has 166 valence electrons. The molecule has 0 saturated carbocycles. The molecular weight excluding hydrogens is 416 g/mol. The molecule has 0 spiro atoms. The zero-order valence-electron chi connectivity index (χ0n) is 18.3. The van der Waals surface area contributed by atoms with E-state index in [1.165, 1.54) is 11.1 Å². The highest BCUT2D eigenvalue weighted by Gasteiger charge is 2.30. The average Bonchev–Trinajstić information content (AvgIpc) is 3.48. The molecule has 0 bridgehead atoms. The molecule has 3 aromatic carbocycles. The number of nitrogens with zero attached hydrogens (tertiary/aromatic N) is 2. The fraction of sp³-hybridized carbons (Fsp3) is 0.259. The summed E-state index contributed by atoms with van der Waals surface area (Å²) in [5.74, 6) is 2.04. The number of carboxylic acid groups (broad SMARTS) is 1. The molecule has 2 atom stereocenters. The molecule has 0 saturated heterocycles. The number of aliphatic carboxylic acids is 1. The number of carbonyl (C=O) groups is 1. The van der Waals surface area contributed by atoms with Gasteiger partial charge in [-0.15, -0.1) is 0 Å². The molecule has 2 aliphatic heterocycles. The zero-order chi connectivity index (χ0) is 22.5. The van der Waals surface area contributed by atoms with E-state index >= 15 is 0 Å². The minimum atomic E-state index is -0.794. The Morgan fingerprint density at radius 3 is 2.76 bits per heavy atom. The molecule has 33 heavy (non-hydrogen) atoms. The van der Waals surface area contributed by atoms with Crippen molar-refractivity contribution in [1.82, 2.24) is 9.55 Å². The largest absolute Gasteiger partial charge is 0.493 e. The summed E-state index contributed by atoms with van der Waals surface area (Å²) in [6, 6.07) is 20.7. The van der Waals surface area contributed by atoms with Crippen LogP contribution < -0.4 is 9.47 Å². The average molecular weight is 440 g/mol. The Morgan fingerprint density at radius 1 is 1.03 bits per heavy atom. The maximum Gasteiger partial charge on any atom is 0.304 e. The third kappa shape index (κ3) is 3.33. The molecule has 3 heterocycles. The first kappa shape index (κ1) is 19.9. The van der Waals surface area contributed by atoms with Crippen LogP contribution in [0, 0.1) is 6.92 Å². The molecular formula is C27H24N2O4. The van der Waals surface area contributed by atoms with Crippen molar-refractivity contribution < 1.29 is 19.4 Å². The highest BCUT2D eigenvalue weighted by molar-refractivity contribution is 5.79. The Kier molecular flexibility index (Phi) is 4.61.